The first-order valence-electron chi connectivity index (χ1n) is 6.26. The molecule has 1 fully saturated rings. The smallest absolute Gasteiger partial charge is 0.0547 e. The molecule has 2 N–H and O–H groups in total. The second-order valence-electron chi connectivity index (χ2n) is 4.59. The molecule has 0 atom stereocenters. The van der Waals surface area contributed by atoms with Gasteiger partial charge in [0.2, 0.25) is 0 Å². The number of hydrogen-bond donors (Lipinski definition) is 2. The molecule has 17 heavy (non-hydrogen) atoms. The van der Waals surface area contributed by atoms with E-state index in [1.807, 2.05) is 24.2 Å². The molecule has 0 aromatic carbocycles. The largest absolute Gasteiger partial charge is 0.384 e. The second-order valence-corrected chi connectivity index (χ2v) is 5.86. The molecule has 2 rings (SSSR count). The molecule has 0 bridgehead atoms. The maximum absolute atomic E-state index is 4.24. The first-order valence-corrected chi connectivity index (χ1v) is 7.48. The molecule has 94 valence electrons. The molecule has 0 unspecified atom stereocenters. The summed E-state index contributed by atoms with van der Waals surface area (Å²) < 4.78 is 0.466. The van der Waals surface area contributed by atoms with Crippen molar-refractivity contribution in [1.29, 1.82) is 0 Å². The van der Waals surface area contributed by atoms with Gasteiger partial charge in [0, 0.05) is 17.8 Å². The number of anilines is 2. The van der Waals surface area contributed by atoms with Gasteiger partial charge in [-0.2, -0.15) is 11.8 Å². The van der Waals surface area contributed by atoms with Gasteiger partial charge in [0.15, 0.2) is 0 Å². The Morgan fingerprint density at radius 3 is 2.53 bits per heavy atom. The van der Waals surface area contributed by atoms with E-state index in [9.17, 15) is 0 Å². The average molecular weight is 251 g/mol. The lowest BCUT2D eigenvalue weighted by atomic mass is 9.84. The van der Waals surface area contributed by atoms with Crippen LogP contribution < -0.4 is 10.6 Å². The van der Waals surface area contributed by atoms with Gasteiger partial charge in [0.1, 0.15) is 0 Å². The van der Waals surface area contributed by atoms with E-state index in [1.54, 1.807) is 0 Å². The van der Waals surface area contributed by atoms with Crippen LogP contribution in [0.3, 0.4) is 0 Å². The molecule has 0 amide bonds. The molecule has 1 saturated carbocycles. The van der Waals surface area contributed by atoms with Crippen LogP contribution in [0.1, 0.15) is 26.2 Å². The van der Waals surface area contributed by atoms with Crippen LogP contribution in [-0.2, 0) is 0 Å². The number of thioether (sulfide) groups is 1. The maximum Gasteiger partial charge on any atom is 0.0547 e. The molecule has 1 aliphatic rings. The fraction of sp³-hybridized carbons (Fsp3) is 0.615. The lowest BCUT2D eigenvalue weighted by Gasteiger charge is -2.40. The Labute approximate surface area is 108 Å². The van der Waals surface area contributed by atoms with Gasteiger partial charge in [-0.1, -0.05) is 6.42 Å². The Morgan fingerprint density at radius 2 is 2.00 bits per heavy atom. The SMILES string of the molecule is CCNc1cncc(NCC2(SC)CCC2)c1. The van der Waals surface area contributed by atoms with Crippen LogP contribution in [0.5, 0.6) is 0 Å². The van der Waals surface area contributed by atoms with Crippen molar-refractivity contribution in [3.8, 4) is 0 Å². The van der Waals surface area contributed by atoms with Crippen molar-refractivity contribution in [2.24, 2.45) is 0 Å². The van der Waals surface area contributed by atoms with E-state index in [-0.39, 0.29) is 0 Å². The minimum atomic E-state index is 0.466. The molecule has 0 spiro atoms. The fourth-order valence-electron chi connectivity index (χ4n) is 2.12. The Hall–Kier alpha value is -0.900. The van der Waals surface area contributed by atoms with E-state index < -0.39 is 0 Å². The van der Waals surface area contributed by atoms with Gasteiger partial charge in [-0.25, -0.2) is 0 Å². The highest BCUT2D eigenvalue weighted by atomic mass is 32.2. The Morgan fingerprint density at radius 1 is 1.29 bits per heavy atom. The Balaban J connectivity index is 1.92. The highest BCUT2D eigenvalue weighted by Crippen LogP contribution is 2.42. The average Bonchev–Trinajstić information content (AvgIpc) is 2.29. The van der Waals surface area contributed by atoms with Crippen molar-refractivity contribution in [3.63, 3.8) is 0 Å². The fourth-order valence-corrected chi connectivity index (χ4v) is 3.04. The van der Waals surface area contributed by atoms with Crippen LogP contribution >= 0.6 is 11.8 Å². The molecule has 0 saturated heterocycles. The standard InChI is InChI=1S/C13H21N3S/c1-3-15-11-7-12(9-14-8-11)16-10-13(17-2)5-4-6-13/h7-9,15-16H,3-6,10H2,1-2H3. The number of nitrogens with zero attached hydrogens (tertiary/aromatic N) is 1. The van der Waals surface area contributed by atoms with Crippen molar-refractivity contribution in [3.05, 3.63) is 18.5 Å². The first-order chi connectivity index (χ1) is 8.28. The van der Waals surface area contributed by atoms with E-state index in [0.717, 1.165) is 24.5 Å². The van der Waals surface area contributed by atoms with Crippen molar-refractivity contribution in [2.45, 2.75) is 30.9 Å². The van der Waals surface area contributed by atoms with E-state index in [4.69, 9.17) is 0 Å². The minimum absolute atomic E-state index is 0.466. The van der Waals surface area contributed by atoms with Gasteiger partial charge in [-0.15, -0.1) is 0 Å². The lowest BCUT2D eigenvalue weighted by molar-refractivity contribution is 0.380. The number of nitrogens with one attached hydrogen (secondary N) is 2. The van der Waals surface area contributed by atoms with Crippen LogP contribution in [0.2, 0.25) is 0 Å². The third-order valence-corrected chi connectivity index (χ3v) is 4.85. The predicted octanol–water partition coefficient (Wildman–Crippen LogP) is 3.21. The van der Waals surface area contributed by atoms with E-state index >= 15 is 0 Å². The van der Waals surface area contributed by atoms with Gasteiger partial charge in [-0.05, 0) is 32.1 Å². The molecule has 1 aromatic heterocycles. The summed E-state index contributed by atoms with van der Waals surface area (Å²) in [6.07, 6.45) is 10.0. The summed E-state index contributed by atoms with van der Waals surface area (Å²) in [6.45, 7) is 4.07. The van der Waals surface area contributed by atoms with Crippen molar-refractivity contribution in [1.82, 2.24) is 4.98 Å². The summed E-state index contributed by atoms with van der Waals surface area (Å²) >= 11 is 1.99. The van der Waals surface area contributed by atoms with Gasteiger partial charge in [0.25, 0.3) is 0 Å². The molecule has 4 heteroatoms. The van der Waals surface area contributed by atoms with Crippen LogP contribution in [0.4, 0.5) is 11.4 Å². The second kappa shape index (κ2) is 5.63. The lowest BCUT2D eigenvalue weighted by Crippen LogP contribution is -2.40. The molecular weight excluding hydrogens is 230 g/mol. The number of pyridine rings is 1. The Kier molecular flexibility index (Phi) is 4.15. The van der Waals surface area contributed by atoms with E-state index in [0.29, 0.717) is 4.75 Å². The Bertz CT molecular complexity index is 358. The number of hydrogen-bond acceptors (Lipinski definition) is 4. The van der Waals surface area contributed by atoms with Crippen LogP contribution in [0.25, 0.3) is 0 Å². The third kappa shape index (κ3) is 3.06. The third-order valence-electron chi connectivity index (χ3n) is 3.43. The zero-order valence-corrected chi connectivity index (χ0v) is 11.4. The molecule has 0 radical (unpaired) electrons. The summed E-state index contributed by atoms with van der Waals surface area (Å²) in [4.78, 5) is 4.24. The van der Waals surface area contributed by atoms with Gasteiger partial charge in [0.05, 0.1) is 23.8 Å². The van der Waals surface area contributed by atoms with Crippen LogP contribution in [0.15, 0.2) is 18.5 Å². The minimum Gasteiger partial charge on any atom is -0.384 e. The van der Waals surface area contributed by atoms with Crippen LogP contribution in [0, 0.1) is 0 Å². The molecule has 1 aromatic rings. The zero-order chi connectivity index (χ0) is 12.1. The quantitative estimate of drug-likeness (QED) is 0.814. The number of rotatable bonds is 6. The van der Waals surface area contributed by atoms with E-state index in [1.165, 1.54) is 19.3 Å². The topological polar surface area (TPSA) is 37.0 Å². The summed E-state index contributed by atoms with van der Waals surface area (Å²) in [6, 6.07) is 2.13. The monoisotopic (exact) mass is 251 g/mol. The summed E-state index contributed by atoms with van der Waals surface area (Å²) in [7, 11) is 0. The highest BCUT2D eigenvalue weighted by molar-refractivity contribution is 8.00. The summed E-state index contributed by atoms with van der Waals surface area (Å²) in [5.41, 5.74) is 2.20. The number of aromatic nitrogens is 1. The molecule has 3 nitrogen and oxygen atoms in total. The maximum atomic E-state index is 4.24. The molecule has 1 heterocycles. The normalized spacial score (nSPS) is 17.3. The first kappa shape index (κ1) is 12.6. The van der Waals surface area contributed by atoms with Crippen molar-refractivity contribution >= 4 is 23.1 Å². The molecule has 1 aliphatic carbocycles. The molecular formula is C13H21N3S. The van der Waals surface area contributed by atoms with E-state index in [2.05, 4.69) is 34.9 Å². The molecule has 0 aliphatic heterocycles. The van der Waals surface area contributed by atoms with Gasteiger partial charge < -0.3 is 10.6 Å². The highest BCUT2D eigenvalue weighted by Gasteiger charge is 2.35. The van der Waals surface area contributed by atoms with Crippen molar-refractivity contribution < 1.29 is 0 Å². The predicted molar refractivity (Wildman–Crippen MR) is 77.0 cm³/mol. The van der Waals surface area contributed by atoms with Crippen molar-refractivity contribution in [2.75, 3.05) is 30.0 Å². The summed E-state index contributed by atoms with van der Waals surface area (Å²) in [5.74, 6) is 0. The van der Waals surface area contributed by atoms with Gasteiger partial charge >= 0.3 is 0 Å². The zero-order valence-electron chi connectivity index (χ0n) is 10.6. The summed E-state index contributed by atoms with van der Waals surface area (Å²) in [5, 5.41) is 6.79. The van der Waals surface area contributed by atoms with Crippen LogP contribution in [-0.4, -0.2) is 29.1 Å². The van der Waals surface area contributed by atoms with Gasteiger partial charge in [-0.3, -0.25) is 4.98 Å².